The maximum absolute atomic E-state index is 9.86. The Labute approximate surface area is 328 Å². The van der Waals surface area contributed by atoms with E-state index in [1.54, 1.807) is 0 Å². The lowest BCUT2D eigenvalue weighted by Crippen LogP contribution is -2.03. The average Bonchev–Trinajstić information content (AvgIpc) is 3.63. The molecule has 0 atom stereocenters. The van der Waals surface area contributed by atoms with E-state index >= 15 is 0 Å². The molecule has 266 valence electrons. The van der Waals surface area contributed by atoms with Crippen LogP contribution in [0.5, 0.6) is 0 Å². The Morgan fingerprint density at radius 3 is 1.46 bits per heavy atom. The fourth-order valence-corrected chi connectivity index (χ4v) is 7.37. The maximum atomic E-state index is 9.86. The standard InChI is InChI=1S/C50H31N7/c51-32-33-25-27-45-40(29-33)39-23-13-14-24-44(39)57(45)46-28-26-38(50-55-48(36-19-9-3-10-20-36)54-49(56-50)37-21-11-4-12-22-37)30-41(46)43-31-42(34-15-5-1-6-16-34)52-47(53-43)35-17-7-2-8-18-35/h1-31H. The maximum Gasteiger partial charge on any atom is 0.164 e. The highest BCUT2D eigenvalue weighted by Gasteiger charge is 2.21. The van der Waals surface area contributed by atoms with Gasteiger partial charge in [0.05, 0.1) is 39.7 Å². The molecule has 0 aliphatic rings. The molecule has 0 N–H and O–H groups in total. The third kappa shape index (κ3) is 6.27. The second-order valence-corrected chi connectivity index (χ2v) is 13.7. The van der Waals surface area contributed by atoms with Gasteiger partial charge in [0.25, 0.3) is 0 Å². The van der Waals surface area contributed by atoms with Crippen molar-refractivity contribution in [1.29, 1.82) is 5.26 Å². The Morgan fingerprint density at radius 2 is 0.860 bits per heavy atom. The molecule has 0 spiro atoms. The summed E-state index contributed by atoms with van der Waals surface area (Å²) in [5, 5.41) is 11.9. The Bertz CT molecular complexity index is 3000. The summed E-state index contributed by atoms with van der Waals surface area (Å²) in [7, 11) is 0. The van der Waals surface area contributed by atoms with Gasteiger partial charge in [-0.3, -0.25) is 0 Å². The summed E-state index contributed by atoms with van der Waals surface area (Å²) in [5.41, 5.74) is 10.4. The van der Waals surface area contributed by atoms with Crippen molar-refractivity contribution in [3.8, 4) is 79.8 Å². The molecule has 10 rings (SSSR count). The van der Waals surface area contributed by atoms with Crippen LogP contribution in [0.3, 0.4) is 0 Å². The number of fused-ring (bicyclic) bond motifs is 3. The van der Waals surface area contributed by atoms with Crippen LogP contribution in [-0.2, 0) is 0 Å². The average molecular weight is 730 g/mol. The molecule has 10 aromatic rings. The highest BCUT2D eigenvalue weighted by Crippen LogP contribution is 2.39. The minimum absolute atomic E-state index is 0.539. The van der Waals surface area contributed by atoms with E-state index in [1.807, 2.05) is 140 Å². The molecule has 57 heavy (non-hydrogen) atoms. The van der Waals surface area contributed by atoms with E-state index in [1.165, 1.54) is 0 Å². The Hall–Kier alpha value is -8.08. The minimum Gasteiger partial charge on any atom is -0.309 e. The fraction of sp³-hybridized carbons (Fsp3) is 0. The monoisotopic (exact) mass is 729 g/mol. The number of rotatable bonds is 7. The van der Waals surface area contributed by atoms with E-state index in [-0.39, 0.29) is 0 Å². The van der Waals surface area contributed by atoms with Crippen molar-refractivity contribution in [3.63, 3.8) is 0 Å². The van der Waals surface area contributed by atoms with E-state index in [0.717, 1.165) is 72.3 Å². The second kappa shape index (κ2) is 14.3. The molecule has 0 fully saturated rings. The molecule has 0 amide bonds. The van der Waals surface area contributed by atoms with Gasteiger partial charge in [-0.25, -0.2) is 24.9 Å². The van der Waals surface area contributed by atoms with Crippen molar-refractivity contribution >= 4 is 21.8 Å². The molecule has 3 heterocycles. The van der Waals surface area contributed by atoms with Crippen LogP contribution < -0.4 is 0 Å². The molecule has 7 nitrogen and oxygen atoms in total. The van der Waals surface area contributed by atoms with Gasteiger partial charge in [-0.15, -0.1) is 0 Å². The molecular formula is C50H31N7. The van der Waals surface area contributed by atoms with Gasteiger partial charge in [0.1, 0.15) is 0 Å². The smallest absolute Gasteiger partial charge is 0.164 e. The zero-order valence-electron chi connectivity index (χ0n) is 30.5. The summed E-state index contributed by atoms with van der Waals surface area (Å²) in [6, 6.07) is 65.1. The SMILES string of the molecule is N#Cc1ccc2c(c1)c1ccccc1n2-c1ccc(-c2nc(-c3ccccc3)nc(-c3ccccc3)n2)cc1-c1cc(-c2ccccc2)nc(-c2ccccc2)n1. The third-order valence-electron chi connectivity index (χ3n) is 10.1. The van der Waals surface area contributed by atoms with Crippen molar-refractivity contribution < 1.29 is 0 Å². The molecule has 0 unspecified atom stereocenters. The van der Waals surface area contributed by atoms with Gasteiger partial charge >= 0.3 is 0 Å². The fourth-order valence-electron chi connectivity index (χ4n) is 7.37. The molecule has 3 aromatic heterocycles. The zero-order valence-corrected chi connectivity index (χ0v) is 30.5. The number of nitrogens with zero attached hydrogens (tertiary/aromatic N) is 7. The summed E-state index contributed by atoms with van der Waals surface area (Å²) >= 11 is 0. The summed E-state index contributed by atoms with van der Waals surface area (Å²) in [6.07, 6.45) is 0. The molecule has 7 heteroatoms. The second-order valence-electron chi connectivity index (χ2n) is 13.7. The van der Waals surface area contributed by atoms with Gasteiger partial charge < -0.3 is 4.57 Å². The third-order valence-corrected chi connectivity index (χ3v) is 10.1. The molecule has 0 saturated carbocycles. The molecule has 0 aliphatic heterocycles. The lowest BCUT2D eigenvalue weighted by molar-refractivity contribution is 1.07. The number of hydrogen-bond acceptors (Lipinski definition) is 6. The lowest BCUT2D eigenvalue weighted by Gasteiger charge is -2.17. The number of hydrogen-bond donors (Lipinski definition) is 0. The van der Waals surface area contributed by atoms with Crippen LogP contribution in [0.25, 0.3) is 95.6 Å². The van der Waals surface area contributed by atoms with Crippen LogP contribution in [0.15, 0.2) is 188 Å². The minimum atomic E-state index is 0.539. The van der Waals surface area contributed by atoms with Crippen molar-refractivity contribution in [2.45, 2.75) is 0 Å². The van der Waals surface area contributed by atoms with Crippen LogP contribution in [-0.4, -0.2) is 29.5 Å². The van der Waals surface area contributed by atoms with Gasteiger partial charge in [-0.2, -0.15) is 5.26 Å². The van der Waals surface area contributed by atoms with Gasteiger partial charge in [-0.05, 0) is 48.5 Å². The topological polar surface area (TPSA) is 93.2 Å². The molecule has 0 bridgehead atoms. The predicted octanol–water partition coefficient (Wildman–Crippen LogP) is 11.6. The predicted molar refractivity (Wildman–Crippen MR) is 227 cm³/mol. The van der Waals surface area contributed by atoms with Gasteiger partial charge in [0.2, 0.25) is 0 Å². The molecular weight excluding hydrogens is 699 g/mol. The van der Waals surface area contributed by atoms with E-state index in [9.17, 15) is 5.26 Å². The normalized spacial score (nSPS) is 11.1. The first-order chi connectivity index (χ1) is 28.2. The van der Waals surface area contributed by atoms with E-state index in [4.69, 9.17) is 24.9 Å². The van der Waals surface area contributed by atoms with Crippen molar-refractivity contribution in [2.24, 2.45) is 0 Å². The highest BCUT2D eigenvalue weighted by molar-refractivity contribution is 6.10. The highest BCUT2D eigenvalue weighted by atomic mass is 15.0. The molecule has 0 aliphatic carbocycles. The Kier molecular flexibility index (Phi) is 8.40. The first-order valence-electron chi connectivity index (χ1n) is 18.7. The number of benzene rings is 7. The van der Waals surface area contributed by atoms with Crippen molar-refractivity contribution in [1.82, 2.24) is 29.5 Å². The summed E-state index contributed by atoms with van der Waals surface area (Å²) < 4.78 is 2.26. The molecule has 7 aromatic carbocycles. The lowest BCUT2D eigenvalue weighted by atomic mass is 10.0. The van der Waals surface area contributed by atoms with Crippen LogP contribution in [0.1, 0.15) is 5.56 Å². The Morgan fingerprint density at radius 1 is 0.368 bits per heavy atom. The Balaban J connectivity index is 1.27. The van der Waals surface area contributed by atoms with Crippen LogP contribution in [0.2, 0.25) is 0 Å². The van der Waals surface area contributed by atoms with Gasteiger partial charge in [0.15, 0.2) is 23.3 Å². The van der Waals surface area contributed by atoms with Gasteiger partial charge in [0, 0.05) is 44.2 Å². The zero-order chi connectivity index (χ0) is 38.1. The van der Waals surface area contributed by atoms with E-state index in [2.05, 4.69) is 59.2 Å². The number of aromatic nitrogens is 6. The van der Waals surface area contributed by atoms with Crippen LogP contribution in [0, 0.1) is 11.3 Å². The summed E-state index contributed by atoms with van der Waals surface area (Å²) in [5.74, 6) is 2.32. The molecule has 0 saturated heterocycles. The van der Waals surface area contributed by atoms with Crippen molar-refractivity contribution in [3.05, 3.63) is 194 Å². The van der Waals surface area contributed by atoms with Crippen LogP contribution >= 0.6 is 0 Å². The van der Waals surface area contributed by atoms with Crippen LogP contribution in [0.4, 0.5) is 0 Å². The first-order valence-corrected chi connectivity index (χ1v) is 18.7. The van der Waals surface area contributed by atoms with Crippen molar-refractivity contribution in [2.75, 3.05) is 0 Å². The number of nitriles is 1. The summed E-state index contributed by atoms with van der Waals surface area (Å²) in [6.45, 7) is 0. The van der Waals surface area contributed by atoms with E-state index in [0.29, 0.717) is 28.9 Å². The largest absolute Gasteiger partial charge is 0.309 e. The molecule has 0 radical (unpaired) electrons. The summed E-state index contributed by atoms with van der Waals surface area (Å²) in [4.78, 5) is 25.5. The van der Waals surface area contributed by atoms with E-state index < -0.39 is 0 Å². The quantitative estimate of drug-likeness (QED) is 0.162. The number of para-hydroxylation sites is 1. The first kappa shape index (κ1) is 33.5. The van der Waals surface area contributed by atoms with Gasteiger partial charge in [-0.1, -0.05) is 140 Å².